The minimum Gasteiger partial charge on any atom is -0.487 e. The minimum atomic E-state index is -2.32. The molecule has 0 radical (unpaired) electrons. The maximum atomic E-state index is 12.5. The highest BCUT2D eigenvalue weighted by atomic mass is 19.3. The number of rotatable bonds is 6. The highest BCUT2D eigenvalue weighted by Crippen LogP contribution is 2.37. The van der Waals surface area contributed by atoms with Crippen LogP contribution in [0.5, 0.6) is 11.5 Å². The number of ether oxygens (including phenoxy) is 2. The lowest BCUT2D eigenvalue weighted by Gasteiger charge is -2.32. The van der Waals surface area contributed by atoms with E-state index in [4.69, 9.17) is 9.47 Å². The number of aryl methyl sites for hydroxylation is 1. The van der Waals surface area contributed by atoms with E-state index in [0.29, 0.717) is 48.8 Å². The van der Waals surface area contributed by atoms with Crippen LogP contribution in [0.1, 0.15) is 42.6 Å². The molecule has 50 heavy (non-hydrogen) atoms. The first-order valence-electron chi connectivity index (χ1n) is 16.7. The normalized spacial score (nSPS) is 16.5. The van der Waals surface area contributed by atoms with Gasteiger partial charge in [-0.2, -0.15) is 10.5 Å². The Morgan fingerprint density at radius 3 is 1.96 bits per heavy atom. The molecule has 2 fully saturated rings. The van der Waals surface area contributed by atoms with Crippen LogP contribution in [0.25, 0.3) is 43.9 Å². The quantitative estimate of drug-likeness (QED) is 0.219. The Hall–Kier alpha value is -5.44. The molecule has 0 bridgehead atoms. The van der Waals surface area contributed by atoms with Gasteiger partial charge >= 0.3 is 0 Å². The molecule has 6 aromatic rings. The van der Waals surface area contributed by atoms with Crippen LogP contribution in [-0.2, 0) is 0 Å². The van der Waals surface area contributed by atoms with Gasteiger partial charge in [-0.25, -0.2) is 28.7 Å². The average Bonchev–Trinajstić information content (AvgIpc) is 3.69. The molecule has 8 rings (SSSR count). The van der Waals surface area contributed by atoms with E-state index >= 15 is 0 Å². The summed E-state index contributed by atoms with van der Waals surface area (Å²) < 4.78 is 37.5. The molecule has 0 saturated carbocycles. The topological polar surface area (TPSA) is 156 Å². The number of nitrogens with one attached hydrogen (secondary N) is 2. The van der Waals surface area contributed by atoms with Crippen LogP contribution in [-0.4, -0.2) is 98.1 Å². The first kappa shape index (κ1) is 33.1. The van der Waals surface area contributed by atoms with E-state index in [1.807, 2.05) is 25.3 Å². The number of nitriles is 2. The lowest BCUT2D eigenvalue weighted by molar-refractivity contribution is 0.0481. The number of aromatic amines is 2. The van der Waals surface area contributed by atoms with Crippen molar-refractivity contribution in [3.8, 4) is 23.6 Å². The number of fused-ring (bicyclic) bond motifs is 6. The average molecular weight is 679 g/mol. The third-order valence-corrected chi connectivity index (χ3v) is 9.32. The summed E-state index contributed by atoms with van der Waals surface area (Å²) in [6.45, 7) is 4.91. The van der Waals surface area contributed by atoms with Gasteiger partial charge in [-0.3, -0.25) is 4.90 Å². The largest absolute Gasteiger partial charge is 0.487 e. The summed E-state index contributed by atoms with van der Waals surface area (Å²) >= 11 is 0. The molecule has 2 saturated heterocycles. The summed E-state index contributed by atoms with van der Waals surface area (Å²) in [6, 6.07) is 10.1. The molecule has 0 aliphatic carbocycles. The number of nitrogens with zero attached hydrogens (tertiary/aromatic N) is 8. The predicted molar refractivity (Wildman–Crippen MR) is 184 cm³/mol. The number of aromatic nitrogens is 6. The van der Waals surface area contributed by atoms with Gasteiger partial charge in [0.2, 0.25) is 0 Å². The molecule has 6 aromatic heterocycles. The van der Waals surface area contributed by atoms with E-state index < -0.39 is 6.43 Å². The number of halogens is 2. The second-order valence-electron chi connectivity index (χ2n) is 12.9. The van der Waals surface area contributed by atoms with Gasteiger partial charge in [0, 0.05) is 49.3 Å². The van der Waals surface area contributed by atoms with Crippen LogP contribution >= 0.6 is 0 Å². The molecule has 2 aliphatic rings. The number of hydrogen-bond donors (Lipinski definition) is 2. The fraction of sp³-hybridized carbons (Fsp3) is 0.389. The number of likely N-dealkylation sites (tertiary alicyclic amines) is 2. The zero-order chi connectivity index (χ0) is 34.8. The van der Waals surface area contributed by atoms with Crippen molar-refractivity contribution in [2.75, 3.05) is 39.8 Å². The van der Waals surface area contributed by atoms with Gasteiger partial charge in [0.25, 0.3) is 6.43 Å². The molecule has 2 aliphatic heterocycles. The van der Waals surface area contributed by atoms with Crippen LogP contribution in [0, 0.1) is 29.6 Å². The van der Waals surface area contributed by atoms with E-state index in [9.17, 15) is 19.3 Å². The molecule has 12 nitrogen and oxygen atoms in total. The van der Waals surface area contributed by atoms with Crippen molar-refractivity contribution in [3.63, 3.8) is 0 Å². The van der Waals surface area contributed by atoms with Crippen LogP contribution in [0.15, 0.2) is 43.0 Å². The molecular weight excluding hydrogens is 642 g/mol. The van der Waals surface area contributed by atoms with Crippen molar-refractivity contribution in [2.45, 2.75) is 51.2 Å². The van der Waals surface area contributed by atoms with Gasteiger partial charge in [0.05, 0.1) is 40.7 Å². The van der Waals surface area contributed by atoms with Crippen LogP contribution in [0.2, 0.25) is 0 Å². The van der Waals surface area contributed by atoms with Gasteiger partial charge in [0.1, 0.15) is 35.6 Å². The molecule has 0 atom stereocenters. The lowest BCUT2D eigenvalue weighted by atomic mass is 10.1. The van der Waals surface area contributed by atoms with Crippen molar-refractivity contribution >= 4 is 43.9 Å². The molecule has 14 heteroatoms. The minimum absolute atomic E-state index is 0.114. The van der Waals surface area contributed by atoms with Gasteiger partial charge in [-0.15, -0.1) is 0 Å². The maximum absolute atomic E-state index is 12.5. The Balaban J connectivity index is 0.000000157. The van der Waals surface area contributed by atoms with Gasteiger partial charge in [-0.05, 0) is 63.4 Å². The molecule has 256 valence electrons. The summed E-state index contributed by atoms with van der Waals surface area (Å²) in [5.74, 6) is 1.03. The van der Waals surface area contributed by atoms with Crippen molar-refractivity contribution in [2.24, 2.45) is 0 Å². The van der Waals surface area contributed by atoms with E-state index in [1.54, 1.807) is 23.5 Å². The summed E-state index contributed by atoms with van der Waals surface area (Å²) in [7, 11) is 2.12. The van der Waals surface area contributed by atoms with Crippen molar-refractivity contribution < 1.29 is 18.3 Å². The summed E-state index contributed by atoms with van der Waals surface area (Å²) in [4.78, 5) is 27.7. The fourth-order valence-corrected chi connectivity index (χ4v) is 6.76. The SMILES string of the molecule is Cc1cnc2[nH]c3cnc(C#N)c(OC4CCN(C)CC4)c3c2c1.N#Cc1ncc2[nH]c3ncccc3c2c1OC1CCN(CC(F)F)CC1. The standard InChI is InChI=1S/C18H17F2N5O.C18H19N5O/c19-15(20)10-25-6-3-11(4-7-25)26-17-13(8-21)23-9-14-16(17)12-2-1-5-22-18(12)24-14;1-11-7-13-16-15(22-18(13)21-9-11)10-20-14(8-19)17(16)24-12-3-5-23(2)6-4-12/h1-2,5,9,11,15H,3-4,6-7,10H2,(H,22,24);7,9-10,12H,3-6H2,1-2H3,(H,21,22). The zero-order valence-corrected chi connectivity index (χ0v) is 27.8. The molecule has 0 unspecified atom stereocenters. The first-order chi connectivity index (χ1) is 24.3. The van der Waals surface area contributed by atoms with E-state index in [0.717, 1.165) is 69.7 Å². The Morgan fingerprint density at radius 2 is 1.38 bits per heavy atom. The van der Waals surface area contributed by atoms with Crippen LogP contribution < -0.4 is 9.47 Å². The Kier molecular flexibility index (Phi) is 9.39. The first-order valence-corrected chi connectivity index (χ1v) is 16.7. The number of piperidine rings is 2. The second kappa shape index (κ2) is 14.2. The van der Waals surface area contributed by atoms with Gasteiger partial charge in [0.15, 0.2) is 22.9 Å². The molecule has 0 amide bonds. The Bertz CT molecular complexity index is 2240. The summed E-state index contributed by atoms with van der Waals surface area (Å²) in [5.41, 5.74) is 4.73. The molecular formula is C36H36F2N10O2. The van der Waals surface area contributed by atoms with Crippen LogP contribution in [0.3, 0.4) is 0 Å². The monoisotopic (exact) mass is 678 g/mol. The predicted octanol–water partition coefficient (Wildman–Crippen LogP) is 5.86. The molecule has 8 heterocycles. The van der Waals surface area contributed by atoms with Crippen molar-refractivity contribution in [1.29, 1.82) is 10.5 Å². The van der Waals surface area contributed by atoms with Crippen molar-refractivity contribution in [1.82, 2.24) is 39.7 Å². The molecule has 2 N–H and O–H groups in total. The third kappa shape index (κ3) is 6.72. The highest BCUT2D eigenvalue weighted by molar-refractivity contribution is 6.10. The third-order valence-electron chi connectivity index (χ3n) is 9.32. The second-order valence-corrected chi connectivity index (χ2v) is 12.9. The summed E-state index contributed by atoms with van der Waals surface area (Å²) in [5, 5.41) is 22.5. The fourth-order valence-electron chi connectivity index (χ4n) is 6.76. The number of H-pyrrole nitrogens is 2. The van der Waals surface area contributed by atoms with E-state index in [2.05, 4.69) is 60.1 Å². The number of pyridine rings is 4. The maximum Gasteiger partial charge on any atom is 0.251 e. The summed E-state index contributed by atoms with van der Waals surface area (Å²) in [6.07, 6.45) is 7.64. The zero-order valence-electron chi connectivity index (χ0n) is 27.8. The van der Waals surface area contributed by atoms with E-state index in [1.165, 1.54) is 0 Å². The lowest BCUT2D eigenvalue weighted by Crippen LogP contribution is -2.40. The van der Waals surface area contributed by atoms with Gasteiger partial charge < -0.3 is 24.3 Å². The van der Waals surface area contributed by atoms with Crippen molar-refractivity contribution in [3.05, 3.63) is 59.9 Å². The van der Waals surface area contributed by atoms with Crippen LogP contribution in [0.4, 0.5) is 8.78 Å². The highest BCUT2D eigenvalue weighted by Gasteiger charge is 2.26. The number of hydrogen-bond acceptors (Lipinski definition) is 10. The Morgan fingerprint density at radius 1 is 0.820 bits per heavy atom. The number of alkyl halides is 2. The van der Waals surface area contributed by atoms with Gasteiger partial charge in [-0.1, -0.05) is 0 Å². The Labute approximate surface area is 286 Å². The molecule has 0 spiro atoms. The molecule has 0 aromatic carbocycles. The smallest absolute Gasteiger partial charge is 0.251 e. The van der Waals surface area contributed by atoms with E-state index in [-0.39, 0.29) is 24.4 Å².